The van der Waals surface area contributed by atoms with E-state index in [0.29, 0.717) is 9.99 Å². The van der Waals surface area contributed by atoms with Crippen LogP contribution in [0.5, 0.6) is 0 Å². The third-order valence-electron chi connectivity index (χ3n) is 3.64. The Balaban J connectivity index is 2.52. The van der Waals surface area contributed by atoms with Crippen molar-refractivity contribution in [1.29, 1.82) is 0 Å². The van der Waals surface area contributed by atoms with Gasteiger partial charge in [0.05, 0.1) is 33.8 Å². The van der Waals surface area contributed by atoms with Gasteiger partial charge in [0.25, 0.3) is 10.0 Å². The molecule has 0 fully saturated rings. The number of nitrogens with zero attached hydrogens (tertiary/aromatic N) is 2. The molecule has 0 aromatic heterocycles. The zero-order chi connectivity index (χ0) is 19.7. The lowest BCUT2D eigenvalue weighted by molar-refractivity contribution is 0.0392. The molecule has 146 valence electrons. The molecule has 1 N–H and O–H groups in total. The van der Waals surface area contributed by atoms with E-state index in [4.69, 9.17) is 4.74 Å². The number of sulfonamides is 1. The standard InChI is InChI=1S/C16H25N3O5S2/c1-16(2,3)24-15(20)19(10-9-17-4)26(22,23)13-8-6-7-12-14(13)25(21)11-18(12)5/h6-8,17H,9-11H2,1-5H3. The predicted octanol–water partition coefficient (Wildman–Crippen LogP) is 1.35. The largest absolute Gasteiger partial charge is 0.443 e. The smallest absolute Gasteiger partial charge is 0.424 e. The summed E-state index contributed by atoms with van der Waals surface area (Å²) >= 11 is 0. The maximum Gasteiger partial charge on any atom is 0.424 e. The van der Waals surface area contributed by atoms with Gasteiger partial charge in [0.15, 0.2) is 0 Å². The highest BCUT2D eigenvalue weighted by Gasteiger charge is 2.38. The third-order valence-corrected chi connectivity index (χ3v) is 7.08. The Morgan fingerprint density at radius 2 is 2.04 bits per heavy atom. The molecule has 1 atom stereocenters. The molecule has 1 heterocycles. The molecule has 1 amide bonds. The van der Waals surface area contributed by atoms with E-state index in [9.17, 15) is 17.4 Å². The molecule has 1 aromatic carbocycles. The Hall–Kier alpha value is -1.65. The molecule has 0 radical (unpaired) electrons. The van der Waals surface area contributed by atoms with Crippen molar-refractivity contribution in [3.8, 4) is 0 Å². The molecule has 0 saturated carbocycles. The third kappa shape index (κ3) is 4.18. The van der Waals surface area contributed by atoms with Gasteiger partial charge in [-0.15, -0.1) is 0 Å². The van der Waals surface area contributed by atoms with E-state index in [-0.39, 0.29) is 28.8 Å². The highest BCUT2D eigenvalue weighted by atomic mass is 32.2. The molecule has 2 rings (SSSR count). The summed E-state index contributed by atoms with van der Waals surface area (Å²) in [5, 5.41) is 2.83. The van der Waals surface area contributed by atoms with E-state index in [1.54, 1.807) is 51.9 Å². The number of fused-ring (bicyclic) bond motifs is 1. The van der Waals surface area contributed by atoms with Crippen LogP contribution in [0.4, 0.5) is 10.5 Å². The van der Waals surface area contributed by atoms with Gasteiger partial charge in [-0.25, -0.2) is 13.2 Å². The van der Waals surface area contributed by atoms with Crippen LogP contribution in [0.1, 0.15) is 20.8 Å². The lowest BCUT2D eigenvalue weighted by Gasteiger charge is -2.27. The number of benzene rings is 1. The number of ether oxygens (including phenoxy) is 1. The molecule has 1 aliphatic heterocycles. The van der Waals surface area contributed by atoms with E-state index >= 15 is 0 Å². The van der Waals surface area contributed by atoms with Crippen molar-refractivity contribution in [1.82, 2.24) is 9.62 Å². The van der Waals surface area contributed by atoms with Crippen LogP contribution < -0.4 is 10.2 Å². The molecule has 10 heteroatoms. The highest BCUT2D eigenvalue weighted by molar-refractivity contribution is 7.91. The fourth-order valence-corrected chi connectivity index (χ4v) is 5.86. The summed E-state index contributed by atoms with van der Waals surface area (Å²) in [6, 6.07) is 4.67. The predicted molar refractivity (Wildman–Crippen MR) is 100 cm³/mol. The number of anilines is 1. The minimum absolute atomic E-state index is 0.0973. The summed E-state index contributed by atoms with van der Waals surface area (Å²) in [6.07, 6.45) is -0.956. The van der Waals surface area contributed by atoms with Crippen LogP contribution in [0.2, 0.25) is 0 Å². The van der Waals surface area contributed by atoms with Crippen LogP contribution in [0, 0.1) is 0 Å². The van der Waals surface area contributed by atoms with Crippen molar-refractivity contribution in [2.75, 3.05) is 38.0 Å². The van der Waals surface area contributed by atoms with Crippen LogP contribution in [0.25, 0.3) is 0 Å². The number of nitrogens with one attached hydrogen (secondary N) is 1. The van der Waals surface area contributed by atoms with E-state index in [1.165, 1.54) is 6.07 Å². The van der Waals surface area contributed by atoms with Crippen molar-refractivity contribution >= 4 is 32.6 Å². The van der Waals surface area contributed by atoms with E-state index in [1.807, 2.05) is 0 Å². The maximum atomic E-state index is 13.2. The second-order valence-electron chi connectivity index (χ2n) is 6.94. The zero-order valence-electron chi connectivity index (χ0n) is 15.6. The van der Waals surface area contributed by atoms with Gasteiger partial charge in [0.1, 0.15) is 10.5 Å². The van der Waals surface area contributed by atoms with Gasteiger partial charge in [-0.05, 0) is 40.0 Å². The molecule has 0 spiro atoms. The minimum atomic E-state index is -4.23. The van der Waals surface area contributed by atoms with Gasteiger partial charge < -0.3 is 15.0 Å². The van der Waals surface area contributed by atoms with Crippen LogP contribution in [0.3, 0.4) is 0 Å². The summed E-state index contributed by atoms with van der Waals surface area (Å²) in [5.74, 6) is 0.213. The summed E-state index contributed by atoms with van der Waals surface area (Å²) in [5.41, 5.74) is -0.256. The molecular weight excluding hydrogens is 378 g/mol. The van der Waals surface area contributed by atoms with E-state index in [2.05, 4.69) is 5.32 Å². The number of hydrogen-bond donors (Lipinski definition) is 1. The molecule has 1 aromatic rings. The topological polar surface area (TPSA) is 96.0 Å². The fourth-order valence-electron chi connectivity index (χ4n) is 2.50. The average Bonchev–Trinajstić information content (AvgIpc) is 2.80. The second-order valence-corrected chi connectivity index (χ2v) is 10.1. The molecule has 0 bridgehead atoms. The van der Waals surface area contributed by atoms with E-state index < -0.39 is 32.5 Å². The van der Waals surface area contributed by atoms with Crippen molar-refractivity contribution in [3.63, 3.8) is 0 Å². The Labute approximate surface area is 157 Å². The molecule has 26 heavy (non-hydrogen) atoms. The van der Waals surface area contributed by atoms with Crippen LogP contribution >= 0.6 is 0 Å². The molecule has 1 aliphatic rings. The number of amides is 1. The minimum Gasteiger partial charge on any atom is -0.443 e. The fraction of sp³-hybridized carbons (Fsp3) is 0.562. The molecule has 1 unspecified atom stereocenters. The Kier molecular flexibility index (Phi) is 5.99. The van der Waals surface area contributed by atoms with Gasteiger partial charge in [-0.3, -0.25) is 4.21 Å². The number of carbonyl (C=O) groups is 1. The molecular formula is C16H25N3O5S2. The van der Waals surface area contributed by atoms with Gasteiger partial charge in [-0.2, -0.15) is 4.31 Å². The Morgan fingerprint density at radius 3 is 2.62 bits per heavy atom. The van der Waals surface area contributed by atoms with Crippen molar-refractivity contribution in [3.05, 3.63) is 18.2 Å². The quantitative estimate of drug-likeness (QED) is 0.793. The first-order chi connectivity index (χ1) is 12.0. The number of carbonyl (C=O) groups excluding carboxylic acids is 1. The number of rotatable bonds is 5. The van der Waals surface area contributed by atoms with Crippen LogP contribution in [0.15, 0.2) is 28.0 Å². The average molecular weight is 404 g/mol. The molecule has 0 saturated heterocycles. The first-order valence-electron chi connectivity index (χ1n) is 8.12. The SMILES string of the molecule is CNCCN(C(=O)OC(C)(C)C)S(=O)(=O)c1cccc2c1S(=O)CN2C. The summed E-state index contributed by atoms with van der Waals surface area (Å²) in [4.78, 5) is 14.4. The normalized spacial score (nSPS) is 17.1. The van der Waals surface area contributed by atoms with Crippen molar-refractivity contribution in [2.45, 2.75) is 36.2 Å². The lowest BCUT2D eigenvalue weighted by Crippen LogP contribution is -2.43. The molecule has 8 nitrogen and oxygen atoms in total. The monoisotopic (exact) mass is 403 g/mol. The Morgan fingerprint density at radius 1 is 1.38 bits per heavy atom. The van der Waals surface area contributed by atoms with Gasteiger partial charge in [-0.1, -0.05) is 6.07 Å². The van der Waals surface area contributed by atoms with Crippen LogP contribution in [-0.4, -0.2) is 61.7 Å². The highest BCUT2D eigenvalue weighted by Crippen LogP contribution is 2.36. The first-order valence-corrected chi connectivity index (χ1v) is 10.9. The van der Waals surface area contributed by atoms with E-state index in [0.717, 1.165) is 0 Å². The zero-order valence-corrected chi connectivity index (χ0v) is 17.2. The Bertz CT molecular complexity index is 818. The number of hydrogen-bond acceptors (Lipinski definition) is 7. The van der Waals surface area contributed by atoms with Crippen LogP contribution in [-0.2, 0) is 25.6 Å². The van der Waals surface area contributed by atoms with Crippen molar-refractivity contribution in [2.24, 2.45) is 0 Å². The second kappa shape index (κ2) is 7.53. The number of likely N-dealkylation sites (N-methyl/N-ethyl adjacent to an activating group) is 1. The van der Waals surface area contributed by atoms with Gasteiger partial charge in [0, 0.05) is 13.6 Å². The lowest BCUT2D eigenvalue weighted by atomic mass is 10.2. The maximum absolute atomic E-state index is 13.2. The summed E-state index contributed by atoms with van der Waals surface area (Å²) < 4.78 is 44.8. The van der Waals surface area contributed by atoms with Gasteiger partial charge >= 0.3 is 6.09 Å². The molecule has 0 aliphatic carbocycles. The summed E-state index contributed by atoms with van der Waals surface area (Å²) in [6.45, 7) is 5.16. The van der Waals surface area contributed by atoms with Gasteiger partial charge in [0.2, 0.25) is 0 Å². The summed E-state index contributed by atoms with van der Waals surface area (Å²) in [7, 11) is -2.32. The first kappa shape index (κ1) is 20.7. The van der Waals surface area contributed by atoms with Crippen molar-refractivity contribution < 1.29 is 22.2 Å².